The van der Waals surface area contributed by atoms with Gasteiger partial charge in [-0.1, -0.05) is 54.6 Å². The monoisotopic (exact) mass is 460 g/mol. The van der Waals surface area contributed by atoms with Gasteiger partial charge in [0.05, 0.1) is 19.8 Å². The summed E-state index contributed by atoms with van der Waals surface area (Å²) < 4.78 is 11.7. The van der Waals surface area contributed by atoms with Crippen LogP contribution in [0.2, 0.25) is 0 Å². The van der Waals surface area contributed by atoms with Crippen LogP contribution in [0.15, 0.2) is 72.8 Å². The van der Waals surface area contributed by atoms with Crippen LogP contribution in [0.5, 0.6) is 5.75 Å². The quantitative estimate of drug-likeness (QED) is 0.611. The molecule has 34 heavy (non-hydrogen) atoms. The second-order valence-corrected chi connectivity index (χ2v) is 8.39. The zero-order chi connectivity index (χ0) is 23.6. The maximum Gasteiger partial charge on any atom is 0.254 e. The van der Waals surface area contributed by atoms with E-state index in [2.05, 4.69) is 29.6 Å². The molecule has 3 aromatic carbocycles. The summed E-state index contributed by atoms with van der Waals surface area (Å²) in [4.78, 5) is 15.1. The molecule has 0 saturated carbocycles. The van der Waals surface area contributed by atoms with Crippen LogP contribution in [0.25, 0.3) is 0 Å². The number of rotatable bonds is 5. The van der Waals surface area contributed by atoms with Gasteiger partial charge in [-0.15, -0.1) is 0 Å². The van der Waals surface area contributed by atoms with E-state index in [1.165, 1.54) is 11.1 Å². The average molecular weight is 461 g/mol. The van der Waals surface area contributed by atoms with Crippen LogP contribution in [0.1, 0.15) is 32.6 Å². The number of aliphatic hydroxyl groups excluding tert-OH is 1. The molecule has 4 rings (SSSR count). The highest BCUT2D eigenvalue weighted by molar-refractivity contribution is 5.94. The van der Waals surface area contributed by atoms with Crippen molar-refractivity contribution in [2.24, 2.45) is 0 Å². The van der Waals surface area contributed by atoms with Crippen molar-refractivity contribution in [3.05, 3.63) is 101 Å². The fraction of sp³-hybridized carbons (Fsp3) is 0.321. The van der Waals surface area contributed by atoms with Crippen LogP contribution in [-0.4, -0.2) is 55.4 Å². The topological polar surface area (TPSA) is 71.0 Å². The van der Waals surface area contributed by atoms with E-state index < -0.39 is 0 Å². The minimum Gasteiger partial charge on any atom is -0.491 e. The van der Waals surface area contributed by atoms with Gasteiger partial charge in [0.15, 0.2) is 0 Å². The number of hydrogen-bond acceptors (Lipinski definition) is 5. The summed E-state index contributed by atoms with van der Waals surface area (Å²) in [6.45, 7) is 3.79. The maximum absolute atomic E-state index is 13.4. The van der Waals surface area contributed by atoms with Gasteiger partial charge in [0.25, 0.3) is 5.91 Å². The Kier molecular flexibility index (Phi) is 8.68. The number of ether oxygens (including phenoxy) is 2. The third kappa shape index (κ3) is 6.67. The maximum atomic E-state index is 13.4. The van der Waals surface area contributed by atoms with Crippen LogP contribution in [0, 0.1) is 0 Å². The van der Waals surface area contributed by atoms with Crippen molar-refractivity contribution in [2.45, 2.75) is 19.5 Å². The molecule has 0 radical (unpaired) electrons. The van der Waals surface area contributed by atoms with Gasteiger partial charge in [0, 0.05) is 38.2 Å². The van der Waals surface area contributed by atoms with Gasteiger partial charge in [0.1, 0.15) is 12.4 Å². The molecule has 6 heteroatoms. The Bertz CT molecular complexity index is 1070. The summed E-state index contributed by atoms with van der Waals surface area (Å²) in [7, 11) is 0. The molecule has 0 unspecified atom stereocenters. The molecule has 2 bridgehead atoms. The molecule has 6 nitrogen and oxygen atoms in total. The first-order valence-electron chi connectivity index (χ1n) is 11.8. The lowest BCUT2D eigenvalue weighted by Crippen LogP contribution is -2.33. The number of hydrogen-bond donors (Lipinski definition) is 2. The lowest BCUT2D eigenvalue weighted by molar-refractivity contribution is 0.0707. The minimum absolute atomic E-state index is 0.0898. The van der Waals surface area contributed by atoms with E-state index in [4.69, 9.17) is 9.47 Å². The van der Waals surface area contributed by atoms with Crippen molar-refractivity contribution in [3.63, 3.8) is 0 Å². The van der Waals surface area contributed by atoms with Gasteiger partial charge in [-0.25, -0.2) is 0 Å². The van der Waals surface area contributed by atoms with Crippen molar-refractivity contribution < 1.29 is 19.4 Å². The molecule has 1 aliphatic heterocycles. The van der Waals surface area contributed by atoms with Crippen molar-refractivity contribution in [1.82, 2.24) is 10.2 Å². The van der Waals surface area contributed by atoms with Crippen LogP contribution >= 0.6 is 0 Å². The highest BCUT2D eigenvalue weighted by atomic mass is 16.5. The zero-order valence-electron chi connectivity index (χ0n) is 19.4. The molecule has 0 atom stereocenters. The first-order chi connectivity index (χ1) is 16.7. The lowest BCUT2D eigenvalue weighted by atomic mass is 9.99. The predicted octanol–water partition coefficient (Wildman–Crippen LogP) is 3.41. The molecule has 3 aromatic rings. The van der Waals surface area contributed by atoms with Gasteiger partial charge in [-0.2, -0.15) is 0 Å². The normalized spacial score (nSPS) is 14.4. The summed E-state index contributed by atoms with van der Waals surface area (Å²) in [6, 6.07) is 23.9. The second-order valence-electron chi connectivity index (χ2n) is 8.39. The molecular formula is C28H32N2O4. The van der Waals surface area contributed by atoms with E-state index >= 15 is 0 Å². The minimum atomic E-state index is -0.110. The Morgan fingerprint density at radius 1 is 0.941 bits per heavy atom. The SMILES string of the molecule is O=C(c1ccc2c(c1)Cc1cccc(c1)CNCCOCCO2)N(CCO)Cc1ccccc1. The summed E-state index contributed by atoms with van der Waals surface area (Å²) >= 11 is 0. The Balaban J connectivity index is 1.61. The molecule has 178 valence electrons. The Hall–Kier alpha value is -3.19. The van der Waals surface area contributed by atoms with Crippen molar-refractivity contribution >= 4 is 5.91 Å². The van der Waals surface area contributed by atoms with Gasteiger partial charge < -0.3 is 24.8 Å². The third-order valence-corrected chi connectivity index (χ3v) is 5.80. The number of carbonyl (C=O) groups excluding carboxylic acids is 1. The summed E-state index contributed by atoms with van der Waals surface area (Å²) in [6.07, 6.45) is 0.657. The smallest absolute Gasteiger partial charge is 0.254 e. The summed E-state index contributed by atoms with van der Waals surface area (Å²) in [5, 5.41) is 13.0. The number of amides is 1. The molecule has 0 saturated heterocycles. The van der Waals surface area contributed by atoms with Crippen LogP contribution < -0.4 is 10.1 Å². The van der Waals surface area contributed by atoms with Crippen molar-refractivity contribution in [1.29, 1.82) is 0 Å². The second kappa shape index (κ2) is 12.3. The standard InChI is InChI=1S/C28H32N2O4/c31-13-12-30(21-22-5-2-1-3-6-22)28(32)25-9-10-27-26(19-25)18-23-7-4-8-24(17-23)20-29-11-14-33-15-16-34-27/h1-10,17,19,29,31H,11-16,18,20-21H2. The van der Waals surface area contributed by atoms with Crippen LogP contribution in [0.4, 0.5) is 0 Å². The zero-order valence-corrected chi connectivity index (χ0v) is 19.4. The number of benzene rings is 3. The third-order valence-electron chi connectivity index (χ3n) is 5.80. The lowest BCUT2D eigenvalue weighted by Gasteiger charge is -2.23. The molecule has 0 aliphatic carbocycles. The van der Waals surface area contributed by atoms with Crippen molar-refractivity contribution in [3.8, 4) is 5.75 Å². The van der Waals surface area contributed by atoms with E-state index in [0.29, 0.717) is 38.3 Å². The molecule has 0 spiro atoms. The number of nitrogens with one attached hydrogen (secondary N) is 1. The molecular weight excluding hydrogens is 428 g/mol. The fourth-order valence-electron chi connectivity index (χ4n) is 4.11. The Morgan fingerprint density at radius 2 is 1.79 bits per heavy atom. The van der Waals surface area contributed by atoms with E-state index in [0.717, 1.165) is 30.0 Å². The molecule has 2 N–H and O–H groups in total. The average Bonchev–Trinajstić information content (AvgIpc) is 2.86. The number of nitrogens with zero attached hydrogens (tertiary/aromatic N) is 1. The van der Waals surface area contributed by atoms with E-state index in [-0.39, 0.29) is 19.1 Å². The van der Waals surface area contributed by atoms with Crippen LogP contribution in [-0.2, 0) is 24.2 Å². The molecule has 1 aliphatic rings. The predicted molar refractivity (Wildman–Crippen MR) is 132 cm³/mol. The van der Waals surface area contributed by atoms with Crippen molar-refractivity contribution in [2.75, 3.05) is 39.5 Å². The van der Waals surface area contributed by atoms with E-state index in [1.54, 1.807) is 11.0 Å². The largest absolute Gasteiger partial charge is 0.491 e. The molecule has 0 aromatic heterocycles. The number of carbonyl (C=O) groups is 1. The summed E-state index contributed by atoms with van der Waals surface area (Å²) in [5.41, 5.74) is 4.94. The molecule has 1 amide bonds. The first-order valence-corrected chi connectivity index (χ1v) is 11.8. The highest BCUT2D eigenvalue weighted by Gasteiger charge is 2.18. The van der Waals surface area contributed by atoms with Gasteiger partial charge >= 0.3 is 0 Å². The van der Waals surface area contributed by atoms with Gasteiger partial charge in [-0.05, 0) is 40.5 Å². The number of fused-ring (bicyclic) bond motifs is 3. The first kappa shape index (κ1) is 24.0. The Labute approximate surface area is 201 Å². The summed E-state index contributed by atoms with van der Waals surface area (Å²) in [5.74, 6) is 0.652. The molecule has 0 fully saturated rings. The highest BCUT2D eigenvalue weighted by Crippen LogP contribution is 2.25. The van der Waals surface area contributed by atoms with Gasteiger partial charge in [0.2, 0.25) is 0 Å². The van der Waals surface area contributed by atoms with E-state index in [9.17, 15) is 9.90 Å². The van der Waals surface area contributed by atoms with Crippen LogP contribution in [0.3, 0.4) is 0 Å². The van der Waals surface area contributed by atoms with Gasteiger partial charge in [-0.3, -0.25) is 4.79 Å². The fourth-order valence-corrected chi connectivity index (χ4v) is 4.11. The molecule has 1 heterocycles. The number of aliphatic hydroxyl groups is 1. The Morgan fingerprint density at radius 3 is 2.65 bits per heavy atom. The van der Waals surface area contributed by atoms with E-state index in [1.807, 2.05) is 42.5 Å².